The zero-order chi connectivity index (χ0) is 9.97. The molecule has 74 valence electrons. The SMILES string of the molecule is N=C(N)c1nccc(SC2COC2)n1. The molecule has 0 saturated carbocycles. The van der Waals surface area contributed by atoms with E-state index < -0.39 is 0 Å². The Labute approximate surface area is 85.6 Å². The highest BCUT2D eigenvalue weighted by molar-refractivity contribution is 8.00. The first-order valence-electron chi connectivity index (χ1n) is 4.17. The van der Waals surface area contributed by atoms with Crippen LogP contribution in [0.3, 0.4) is 0 Å². The van der Waals surface area contributed by atoms with Crippen molar-refractivity contribution in [2.45, 2.75) is 10.3 Å². The molecule has 0 aliphatic carbocycles. The fourth-order valence-corrected chi connectivity index (χ4v) is 1.94. The van der Waals surface area contributed by atoms with Gasteiger partial charge in [-0.15, -0.1) is 0 Å². The van der Waals surface area contributed by atoms with Gasteiger partial charge in [0.1, 0.15) is 5.03 Å². The number of hydrogen-bond donors (Lipinski definition) is 2. The van der Waals surface area contributed by atoms with Crippen LogP contribution in [-0.2, 0) is 4.74 Å². The minimum atomic E-state index is -0.0997. The van der Waals surface area contributed by atoms with Crippen LogP contribution < -0.4 is 5.73 Å². The Bertz CT molecular complexity index is 353. The van der Waals surface area contributed by atoms with Crippen molar-refractivity contribution in [2.75, 3.05) is 13.2 Å². The van der Waals surface area contributed by atoms with Crippen LogP contribution in [0.15, 0.2) is 17.3 Å². The van der Waals surface area contributed by atoms with E-state index in [4.69, 9.17) is 15.9 Å². The number of rotatable bonds is 3. The number of amidine groups is 1. The Morgan fingerprint density at radius 2 is 2.43 bits per heavy atom. The molecule has 0 radical (unpaired) electrons. The third kappa shape index (κ3) is 2.02. The molecule has 2 rings (SSSR count). The molecule has 14 heavy (non-hydrogen) atoms. The highest BCUT2D eigenvalue weighted by Gasteiger charge is 2.20. The number of hydrogen-bond acceptors (Lipinski definition) is 5. The Kier molecular flexibility index (Phi) is 2.64. The van der Waals surface area contributed by atoms with Crippen molar-refractivity contribution in [3.63, 3.8) is 0 Å². The summed E-state index contributed by atoms with van der Waals surface area (Å²) < 4.78 is 5.05. The predicted octanol–water partition coefficient (Wildman–Crippen LogP) is 0.252. The van der Waals surface area contributed by atoms with Crippen LogP contribution in [0.2, 0.25) is 0 Å². The maximum Gasteiger partial charge on any atom is 0.195 e. The normalized spacial score (nSPS) is 16.3. The monoisotopic (exact) mass is 210 g/mol. The Balaban J connectivity index is 2.09. The third-order valence-corrected chi connectivity index (χ3v) is 2.84. The topological polar surface area (TPSA) is 84.9 Å². The van der Waals surface area contributed by atoms with Gasteiger partial charge in [0.2, 0.25) is 0 Å². The predicted molar refractivity (Wildman–Crippen MR) is 53.5 cm³/mol. The van der Waals surface area contributed by atoms with E-state index in [0.717, 1.165) is 18.2 Å². The summed E-state index contributed by atoms with van der Waals surface area (Å²) in [5.41, 5.74) is 5.28. The maximum atomic E-state index is 7.19. The summed E-state index contributed by atoms with van der Waals surface area (Å²) in [6.45, 7) is 1.54. The number of nitrogens with one attached hydrogen (secondary N) is 1. The second-order valence-electron chi connectivity index (χ2n) is 2.91. The fraction of sp³-hybridized carbons (Fsp3) is 0.375. The smallest absolute Gasteiger partial charge is 0.195 e. The molecule has 1 aromatic rings. The fourth-order valence-electron chi connectivity index (χ4n) is 0.990. The zero-order valence-corrected chi connectivity index (χ0v) is 8.25. The lowest BCUT2D eigenvalue weighted by Crippen LogP contribution is -2.30. The van der Waals surface area contributed by atoms with Crippen molar-refractivity contribution < 1.29 is 4.74 Å². The van der Waals surface area contributed by atoms with Crippen LogP contribution in [0.5, 0.6) is 0 Å². The van der Waals surface area contributed by atoms with Crippen molar-refractivity contribution in [1.82, 2.24) is 9.97 Å². The minimum absolute atomic E-state index is 0.0997. The minimum Gasteiger partial charge on any atom is -0.381 e. The summed E-state index contributed by atoms with van der Waals surface area (Å²) in [6, 6.07) is 1.81. The van der Waals surface area contributed by atoms with Gasteiger partial charge in [-0.2, -0.15) is 0 Å². The molecule has 2 heterocycles. The average Bonchev–Trinajstić information content (AvgIpc) is 2.12. The second kappa shape index (κ2) is 3.93. The number of aromatic nitrogens is 2. The molecular weight excluding hydrogens is 200 g/mol. The van der Waals surface area contributed by atoms with E-state index in [1.54, 1.807) is 18.0 Å². The highest BCUT2D eigenvalue weighted by Crippen LogP contribution is 2.25. The number of ether oxygens (including phenoxy) is 1. The van der Waals surface area contributed by atoms with Gasteiger partial charge in [0, 0.05) is 6.20 Å². The van der Waals surface area contributed by atoms with Gasteiger partial charge in [-0.3, -0.25) is 5.41 Å². The van der Waals surface area contributed by atoms with E-state index in [1.165, 1.54) is 0 Å². The van der Waals surface area contributed by atoms with Gasteiger partial charge >= 0.3 is 0 Å². The quantitative estimate of drug-likeness (QED) is 0.424. The molecule has 1 aromatic heterocycles. The van der Waals surface area contributed by atoms with Gasteiger partial charge in [-0.05, 0) is 6.07 Å². The summed E-state index contributed by atoms with van der Waals surface area (Å²) in [6.07, 6.45) is 1.62. The van der Waals surface area contributed by atoms with Crippen molar-refractivity contribution in [1.29, 1.82) is 5.41 Å². The van der Waals surface area contributed by atoms with Crippen LogP contribution in [0, 0.1) is 5.41 Å². The summed E-state index contributed by atoms with van der Waals surface area (Å²) in [5.74, 6) is 0.188. The van der Waals surface area contributed by atoms with Crippen molar-refractivity contribution in [3.8, 4) is 0 Å². The van der Waals surface area contributed by atoms with Gasteiger partial charge < -0.3 is 10.5 Å². The zero-order valence-electron chi connectivity index (χ0n) is 7.43. The van der Waals surface area contributed by atoms with E-state index in [0.29, 0.717) is 5.25 Å². The molecule has 1 aliphatic rings. The van der Waals surface area contributed by atoms with Gasteiger partial charge in [0.15, 0.2) is 11.7 Å². The largest absolute Gasteiger partial charge is 0.381 e. The molecule has 0 unspecified atom stereocenters. The lowest BCUT2D eigenvalue weighted by atomic mass is 10.4. The first-order valence-corrected chi connectivity index (χ1v) is 5.05. The second-order valence-corrected chi connectivity index (χ2v) is 4.23. The van der Waals surface area contributed by atoms with Crippen LogP contribution in [0.25, 0.3) is 0 Å². The number of nitrogens with two attached hydrogens (primary N) is 1. The van der Waals surface area contributed by atoms with Crippen LogP contribution >= 0.6 is 11.8 Å². The van der Waals surface area contributed by atoms with E-state index >= 15 is 0 Å². The van der Waals surface area contributed by atoms with E-state index in [2.05, 4.69) is 9.97 Å². The molecule has 0 spiro atoms. The Morgan fingerprint density at radius 3 is 3.00 bits per heavy atom. The summed E-state index contributed by atoms with van der Waals surface area (Å²) in [7, 11) is 0. The summed E-state index contributed by atoms with van der Waals surface area (Å²) in [4.78, 5) is 8.03. The highest BCUT2D eigenvalue weighted by atomic mass is 32.2. The molecule has 0 aromatic carbocycles. The first kappa shape index (κ1) is 9.42. The maximum absolute atomic E-state index is 7.19. The van der Waals surface area contributed by atoms with Gasteiger partial charge in [0.05, 0.1) is 18.5 Å². The standard InChI is InChI=1S/C8H10N4OS/c9-7(10)8-11-2-1-6(12-8)14-5-3-13-4-5/h1-2,5H,3-4H2,(H3,9,10). The molecule has 0 bridgehead atoms. The van der Waals surface area contributed by atoms with E-state index in [-0.39, 0.29) is 11.7 Å². The molecule has 3 N–H and O–H groups in total. The lowest BCUT2D eigenvalue weighted by Gasteiger charge is -2.24. The van der Waals surface area contributed by atoms with Crippen LogP contribution in [-0.4, -0.2) is 34.3 Å². The molecular formula is C8H10N4OS. The molecule has 1 aliphatic heterocycles. The lowest BCUT2D eigenvalue weighted by molar-refractivity contribution is 0.0454. The average molecular weight is 210 g/mol. The van der Waals surface area contributed by atoms with E-state index in [9.17, 15) is 0 Å². The van der Waals surface area contributed by atoms with Gasteiger partial charge in [0.25, 0.3) is 0 Å². The summed E-state index contributed by atoms with van der Waals surface area (Å²) in [5, 5.41) is 8.51. The Morgan fingerprint density at radius 1 is 1.64 bits per heavy atom. The molecule has 0 amide bonds. The molecule has 5 nitrogen and oxygen atoms in total. The van der Waals surface area contributed by atoms with E-state index in [1.807, 2.05) is 6.07 Å². The third-order valence-electron chi connectivity index (χ3n) is 1.77. The van der Waals surface area contributed by atoms with Crippen molar-refractivity contribution in [2.24, 2.45) is 5.73 Å². The van der Waals surface area contributed by atoms with Crippen LogP contribution in [0.1, 0.15) is 5.82 Å². The Hall–Kier alpha value is -1.14. The molecule has 0 atom stereocenters. The van der Waals surface area contributed by atoms with Crippen LogP contribution in [0.4, 0.5) is 0 Å². The summed E-state index contributed by atoms with van der Waals surface area (Å²) >= 11 is 1.63. The number of thioether (sulfide) groups is 1. The van der Waals surface area contributed by atoms with Gasteiger partial charge in [-0.25, -0.2) is 9.97 Å². The number of nitrogens with zero attached hydrogens (tertiary/aromatic N) is 2. The molecule has 6 heteroatoms. The molecule has 1 saturated heterocycles. The van der Waals surface area contributed by atoms with Crippen molar-refractivity contribution in [3.05, 3.63) is 18.1 Å². The number of nitrogen functional groups attached to an aromatic ring is 1. The molecule has 1 fully saturated rings. The van der Waals surface area contributed by atoms with Crippen molar-refractivity contribution >= 4 is 17.6 Å². The van der Waals surface area contributed by atoms with Gasteiger partial charge in [-0.1, -0.05) is 11.8 Å². The first-order chi connectivity index (χ1) is 6.75.